The zero-order valence-corrected chi connectivity index (χ0v) is 15.3. The van der Waals surface area contributed by atoms with E-state index in [2.05, 4.69) is 27.4 Å². The van der Waals surface area contributed by atoms with E-state index in [0.717, 1.165) is 38.0 Å². The van der Waals surface area contributed by atoms with Crippen LogP contribution in [0.2, 0.25) is 0 Å². The Labute approximate surface area is 149 Å². The molecule has 25 heavy (non-hydrogen) atoms. The zero-order chi connectivity index (χ0) is 18.1. The minimum Gasteiger partial charge on any atom is -0.356 e. The molecule has 1 aromatic carbocycles. The van der Waals surface area contributed by atoms with Crippen molar-refractivity contribution in [2.45, 2.75) is 45.1 Å². The van der Waals surface area contributed by atoms with Gasteiger partial charge in [0.05, 0.1) is 0 Å². The van der Waals surface area contributed by atoms with Crippen LogP contribution in [0, 0.1) is 11.6 Å². The maximum atomic E-state index is 13.6. The highest BCUT2D eigenvalue weighted by Gasteiger charge is 2.19. The van der Waals surface area contributed by atoms with E-state index in [4.69, 9.17) is 0 Å². The fourth-order valence-corrected chi connectivity index (χ4v) is 3.11. The van der Waals surface area contributed by atoms with Crippen LogP contribution in [-0.4, -0.2) is 50.1 Å². The van der Waals surface area contributed by atoms with Gasteiger partial charge in [0.25, 0.3) is 0 Å². The van der Waals surface area contributed by atoms with Crippen molar-refractivity contribution < 1.29 is 8.78 Å². The molecule has 0 aromatic heterocycles. The van der Waals surface area contributed by atoms with Crippen molar-refractivity contribution in [3.05, 3.63) is 35.4 Å². The number of piperidine rings is 1. The summed E-state index contributed by atoms with van der Waals surface area (Å²) in [5, 5.41) is 6.67. The molecular formula is C19H30F2N4. The molecule has 2 rings (SSSR count). The summed E-state index contributed by atoms with van der Waals surface area (Å²) in [6.07, 6.45) is 5.21. The maximum Gasteiger partial charge on any atom is 0.191 e. The Balaban J connectivity index is 1.70. The number of unbranched alkanes of at least 4 members (excludes halogenated alkanes) is 1. The predicted molar refractivity (Wildman–Crippen MR) is 98.9 cm³/mol. The molecule has 1 saturated heterocycles. The Bertz CT molecular complexity index is 554. The Morgan fingerprint density at radius 3 is 2.68 bits per heavy atom. The lowest BCUT2D eigenvalue weighted by molar-refractivity contribution is 0.203. The second-order valence-corrected chi connectivity index (χ2v) is 6.60. The molecule has 0 bridgehead atoms. The molecule has 0 radical (unpaired) electrons. The summed E-state index contributed by atoms with van der Waals surface area (Å²) in [7, 11) is 1.74. The first-order valence-corrected chi connectivity index (χ1v) is 9.25. The third-order valence-electron chi connectivity index (χ3n) is 4.68. The van der Waals surface area contributed by atoms with Crippen molar-refractivity contribution in [1.82, 2.24) is 15.5 Å². The van der Waals surface area contributed by atoms with Crippen LogP contribution in [0.3, 0.4) is 0 Å². The molecule has 0 aliphatic carbocycles. The van der Waals surface area contributed by atoms with E-state index in [1.807, 2.05) is 0 Å². The average molecular weight is 352 g/mol. The molecule has 1 aliphatic rings. The van der Waals surface area contributed by atoms with Crippen molar-refractivity contribution >= 4 is 5.96 Å². The summed E-state index contributed by atoms with van der Waals surface area (Å²) in [6.45, 7) is 6.21. The van der Waals surface area contributed by atoms with E-state index < -0.39 is 11.6 Å². The van der Waals surface area contributed by atoms with Crippen LogP contribution in [0.4, 0.5) is 8.78 Å². The van der Waals surface area contributed by atoms with Gasteiger partial charge in [-0.3, -0.25) is 4.99 Å². The highest BCUT2D eigenvalue weighted by Crippen LogP contribution is 2.11. The van der Waals surface area contributed by atoms with Gasteiger partial charge in [0, 0.05) is 38.8 Å². The number of hydrogen-bond donors (Lipinski definition) is 2. The SMILES string of the molecule is CCCCN1CCC(NC(=NC)NCCc2ccc(F)cc2F)CC1. The highest BCUT2D eigenvalue weighted by atomic mass is 19.1. The van der Waals surface area contributed by atoms with Gasteiger partial charge in [-0.2, -0.15) is 0 Å². The molecule has 140 valence electrons. The van der Waals surface area contributed by atoms with Crippen LogP contribution in [0.15, 0.2) is 23.2 Å². The summed E-state index contributed by atoms with van der Waals surface area (Å²) in [5.41, 5.74) is 0.508. The molecular weight excluding hydrogens is 322 g/mol. The largest absolute Gasteiger partial charge is 0.356 e. The zero-order valence-electron chi connectivity index (χ0n) is 15.3. The number of halogens is 2. The fourth-order valence-electron chi connectivity index (χ4n) is 3.11. The van der Waals surface area contributed by atoms with Crippen molar-refractivity contribution in [3.63, 3.8) is 0 Å². The van der Waals surface area contributed by atoms with E-state index in [9.17, 15) is 8.78 Å². The number of nitrogens with one attached hydrogen (secondary N) is 2. The van der Waals surface area contributed by atoms with Gasteiger partial charge in [-0.25, -0.2) is 8.78 Å². The van der Waals surface area contributed by atoms with Crippen LogP contribution in [0.5, 0.6) is 0 Å². The summed E-state index contributed by atoms with van der Waals surface area (Å²) < 4.78 is 26.6. The molecule has 6 heteroatoms. The predicted octanol–water partition coefficient (Wildman–Crippen LogP) is 2.94. The molecule has 0 spiro atoms. The molecule has 1 fully saturated rings. The normalized spacial score (nSPS) is 16.9. The second kappa shape index (κ2) is 10.3. The molecule has 0 amide bonds. The molecule has 1 aromatic rings. The van der Waals surface area contributed by atoms with Crippen LogP contribution in [0.1, 0.15) is 38.2 Å². The van der Waals surface area contributed by atoms with Crippen molar-refractivity contribution in [3.8, 4) is 0 Å². The number of nitrogens with zero attached hydrogens (tertiary/aromatic N) is 2. The van der Waals surface area contributed by atoms with Crippen LogP contribution < -0.4 is 10.6 Å². The third kappa shape index (κ3) is 6.61. The minimum absolute atomic E-state index is 0.423. The van der Waals surface area contributed by atoms with Gasteiger partial charge in [0.1, 0.15) is 11.6 Å². The highest BCUT2D eigenvalue weighted by molar-refractivity contribution is 5.79. The molecule has 4 nitrogen and oxygen atoms in total. The minimum atomic E-state index is -0.544. The summed E-state index contributed by atoms with van der Waals surface area (Å²) in [5.74, 6) is -0.296. The van der Waals surface area contributed by atoms with Crippen LogP contribution in [-0.2, 0) is 6.42 Å². The van der Waals surface area contributed by atoms with Gasteiger partial charge in [0.15, 0.2) is 5.96 Å². The van der Waals surface area contributed by atoms with E-state index in [1.165, 1.54) is 31.5 Å². The second-order valence-electron chi connectivity index (χ2n) is 6.60. The molecule has 1 aliphatic heterocycles. The lowest BCUT2D eigenvalue weighted by Crippen LogP contribution is -2.49. The fraction of sp³-hybridized carbons (Fsp3) is 0.632. The van der Waals surface area contributed by atoms with Gasteiger partial charge in [0.2, 0.25) is 0 Å². The van der Waals surface area contributed by atoms with Gasteiger partial charge in [-0.1, -0.05) is 19.4 Å². The van der Waals surface area contributed by atoms with E-state index in [1.54, 1.807) is 7.05 Å². The Morgan fingerprint density at radius 1 is 1.28 bits per heavy atom. The summed E-state index contributed by atoms with van der Waals surface area (Å²) in [4.78, 5) is 6.77. The van der Waals surface area contributed by atoms with E-state index >= 15 is 0 Å². The average Bonchev–Trinajstić information content (AvgIpc) is 2.62. The van der Waals surface area contributed by atoms with Gasteiger partial charge in [-0.05, 0) is 43.9 Å². The number of guanidine groups is 1. The standard InChI is InChI=1S/C19H30F2N4/c1-3-4-11-25-12-8-17(9-13-25)24-19(22-2)23-10-7-15-5-6-16(20)14-18(15)21/h5-6,14,17H,3-4,7-13H2,1-2H3,(H2,22,23,24). The maximum absolute atomic E-state index is 13.6. The molecule has 0 unspecified atom stereocenters. The molecule has 0 saturated carbocycles. The third-order valence-corrected chi connectivity index (χ3v) is 4.68. The number of hydrogen-bond acceptors (Lipinski definition) is 2. The van der Waals surface area contributed by atoms with Crippen molar-refractivity contribution in [2.75, 3.05) is 33.2 Å². The first-order valence-electron chi connectivity index (χ1n) is 9.25. The monoisotopic (exact) mass is 352 g/mol. The van der Waals surface area contributed by atoms with Gasteiger partial charge in [-0.15, -0.1) is 0 Å². The lowest BCUT2D eigenvalue weighted by atomic mass is 10.0. The van der Waals surface area contributed by atoms with Crippen molar-refractivity contribution in [1.29, 1.82) is 0 Å². The van der Waals surface area contributed by atoms with Gasteiger partial charge < -0.3 is 15.5 Å². The first kappa shape index (κ1) is 19.6. The topological polar surface area (TPSA) is 39.7 Å². The van der Waals surface area contributed by atoms with E-state index in [-0.39, 0.29) is 0 Å². The Kier molecular flexibility index (Phi) is 8.12. The number of benzene rings is 1. The number of rotatable bonds is 7. The number of likely N-dealkylation sites (tertiary alicyclic amines) is 1. The van der Waals surface area contributed by atoms with E-state index in [0.29, 0.717) is 24.6 Å². The van der Waals surface area contributed by atoms with Gasteiger partial charge >= 0.3 is 0 Å². The van der Waals surface area contributed by atoms with Crippen molar-refractivity contribution in [2.24, 2.45) is 4.99 Å². The quantitative estimate of drug-likeness (QED) is 0.585. The molecule has 0 atom stereocenters. The Morgan fingerprint density at radius 2 is 2.04 bits per heavy atom. The summed E-state index contributed by atoms with van der Waals surface area (Å²) >= 11 is 0. The summed E-state index contributed by atoms with van der Waals surface area (Å²) in [6, 6.07) is 4.13. The lowest BCUT2D eigenvalue weighted by Gasteiger charge is -2.33. The number of aliphatic imine (C=N–C) groups is 1. The first-order chi connectivity index (χ1) is 12.1. The van der Waals surface area contributed by atoms with Crippen LogP contribution in [0.25, 0.3) is 0 Å². The van der Waals surface area contributed by atoms with Crippen LogP contribution >= 0.6 is 0 Å². The molecule has 1 heterocycles. The smallest absolute Gasteiger partial charge is 0.191 e. The molecule has 2 N–H and O–H groups in total. The Hall–Kier alpha value is -1.69.